The highest BCUT2D eigenvalue weighted by molar-refractivity contribution is 9.10. The van der Waals surface area contributed by atoms with Crippen molar-refractivity contribution in [1.82, 2.24) is 4.98 Å². The van der Waals surface area contributed by atoms with Gasteiger partial charge in [0.05, 0.1) is 18.7 Å². The summed E-state index contributed by atoms with van der Waals surface area (Å²) < 4.78 is 5.92. The molecule has 1 N–H and O–H groups in total. The summed E-state index contributed by atoms with van der Waals surface area (Å²) in [4.78, 5) is 15.8. The third-order valence-electron chi connectivity index (χ3n) is 2.62. The van der Waals surface area contributed by atoms with Crippen molar-refractivity contribution in [2.45, 2.75) is 20.3 Å². The molecule has 0 spiro atoms. The van der Waals surface area contributed by atoms with Crippen molar-refractivity contribution < 1.29 is 9.53 Å². The number of rotatable bonds is 5. The summed E-state index contributed by atoms with van der Waals surface area (Å²) >= 11 is 4.92. The number of esters is 1. The molecule has 1 heterocycles. The Balaban J connectivity index is 2.06. The molecule has 0 radical (unpaired) electrons. The molecule has 0 fully saturated rings. The van der Waals surface area contributed by atoms with Crippen molar-refractivity contribution in [2.24, 2.45) is 0 Å². The van der Waals surface area contributed by atoms with Crippen LogP contribution in [0.3, 0.4) is 0 Å². The van der Waals surface area contributed by atoms with Gasteiger partial charge in [0.25, 0.3) is 0 Å². The van der Waals surface area contributed by atoms with Crippen LogP contribution in [-0.2, 0) is 16.0 Å². The van der Waals surface area contributed by atoms with Crippen LogP contribution >= 0.6 is 27.3 Å². The van der Waals surface area contributed by atoms with Crippen molar-refractivity contribution >= 4 is 44.1 Å². The van der Waals surface area contributed by atoms with E-state index in [4.69, 9.17) is 4.74 Å². The molecular formula is C14H15BrN2O2S. The molecule has 0 saturated carbocycles. The minimum absolute atomic E-state index is 0.212. The predicted octanol–water partition coefficient (Wildman–Crippen LogP) is 4.06. The average Bonchev–Trinajstić information content (AvgIpc) is 2.81. The van der Waals surface area contributed by atoms with Gasteiger partial charge in [-0.1, -0.05) is 22.0 Å². The third kappa shape index (κ3) is 4.05. The minimum Gasteiger partial charge on any atom is -0.466 e. The van der Waals surface area contributed by atoms with Gasteiger partial charge in [0.2, 0.25) is 0 Å². The van der Waals surface area contributed by atoms with E-state index in [2.05, 4.69) is 26.2 Å². The molecule has 0 atom stereocenters. The van der Waals surface area contributed by atoms with Crippen molar-refractivity contribution in [2.75, 3.05) is 11.9 Å². The number of ether oxygens (including phenoxy) is 1. The number of thiazole rings is 1. The molecule has 0 aliphatic heterocycles. The first-order valence-electron chi connectivity index (χ1n) is 6.21. The highest BCUT2D eigenvalue weighted by Crippen LogP contribution is 2.26. The number of nitrogens with one attached hydrogen (secondary N) is 1. The normalized spacial score (nSPS) is 10.3. The Labute approximate surface area is 130 Å². The van der Waals surface area contributed by atoms with Crippen LogP contribution in [0.5, 0.6) is 0 Å². The van der Waals surface area contributed by atoms with E-state index in [0.29, 0.717) is 6.61 Å². The lowest BCUT2D eigenvalue weighted by Gasteiger charge is -2.06. The van der Waals surface area contributed by atoms with Crippen LogP contribution in [0.15, 0.2) is 28.1 Å². The maximum Gasteiger partial charge on any atom is 0.311 e. The molecule has 0 aliphatic carbocycles. The molecule has 1 aromatic heterocycles. The molecule has 20 heavy (non-hydrogen) atoms. The van der Waals surface area contributed by atoms with Gasteiger partial charge >= 0.3 is 5.97 Å². The zero-order chi connectivity index (χ0) is 14.5. The summed E-state index contributed by atoms with van der Waals surface area (Å²) in [5, 5.41) is 5.90. The predicted molar refractivity (Wildman–Crippen MR) is 84.6 cm³/mol. The maximum absolute atomic E-state index is 11.4. The second-order valence-electron chi connectivity index (χ2n) is 4.21. The lowest BCUT2D eigenvalue weighted by atomic mass is 10.2. The third-order valence-corrected chi connectivity index (χ3v) is 3.92. The van der Waals surface area contributed by atoms with E-state index in [1.807, 2.05) is 30.5 Å². The van der Waals surface area contributed by atoms with Gasteiger partial charge in [-0.2, -0.15) is 0 Å². The van der Waals surface area contributed by atoms with Gasteiger partial charge < -0.3 is 10.1 Å². The van der Waals surface area contributed by atoms with Crippen LogP contribution in [0.2, 0.25) is 0 Å². The van der Waals surface area contributed by atoms with E-state index in [-0.39, 0.29) is 12.4 Å². The lowest BCUT2D eigenvalue weighted by molar-refractivity contribution is -0.142. The van der Waals surface area contributed by atoms with Crippen LogP contribution in [0.25, 0.3) is 0 Å². The number of nitrogens with zero attached hydrogens (tertiary/aromatic N) is 1. The van der Waals surface area contributed by atoms with E-state index >= 15 is 0 Å². The van der Waals surface area contributed by atoms with Crippen LogP contribution in [-0.4, -0.2) is 17.6 Å². The first-order chi connectivity index (χ1) is 9.58. The smallest absolute Gasteiger partial charge is 0.311 e. The standard InChI is InChI=1S/C14H15BrN2O2S/c1-3-19-13(18)7-11-8-20-14(16-11)17-12-6-10(15)5-4-9(12)2/h4-6,8H,3,7H2,1-2H3,(H,16,17). The van der Waals surface area contributed by atoms with Crippen molar-refractivity contribution in [3.8, 4) is 0 Å². The van der Waals surface area contributed by atoms with Crippen molar-refractivity contribution in [1.29, 1.82) is 0 Å². The quantitative estimate of drug-likeness (QED) is 0.822. The highest BCUT2D eigenvalue weighted by Gasteiger charge is 2.09. The van der Waals surface area contributed by atoms with Gasteiger partial charge in [0.1, 0.15) is 0 Å². The average molecular weight is 355 g/mol. The van der Waals surface area contributed by atoms with E-state index in [0.717, 1.165) is 26.5 Å². The molecule has 0 aliphatic rings. The summed E-state index contributed by atoms with van der Waals surface area (Å²) in [6.45, 7) is 4.22. The number of halogens is 1. The number of carbonyl (C=O) groups excluding carboxylic acids is 1. The monoisotopic (exact) mass is 354 g/mol. The molecule has 0 saturated heterocycles. The summed E-state index contributed by atoms with van der Waals surface area (Å²) in [5.74, 6) is -0.247. The zero-order valence-corrected chi connectivity index (χ0v) is 13.7. The number of anilines is 2. The second kappa shape index (κ2) is 6.85. The molecule has 4 nitrogen and oxygen atoms in total. The fourth-order valence-electron chi connectivity index (χ4n) is 1.65. The van der Waals surface area contributed by atoms with Crippen LogP contribution < -0.4 is 5.32 Å². The van der Waals surface area contributed by atoms with Gasteiger partial charge in [0, 0.05) is 15.5 Å². The number of aryl methyl sites for hydroxylation is 1. The second-order valence-corrected chi connectivity index (χ2v) is 5.98. The summed E-state index contributed by atoms with van der Waals surface area (Å²) in [6, 6.07) is 6.02. The fraction of sp³-hybridized carbons (Fsp3) is 0.286. The number of aromatic nitrogens is 1. The molecule has 2 aromatic rings. The van der Waals surface area contributed by atoms with Gasteiger partial charge in [-0.05, 0) is 31.5 Å². The van der Waals surface area contributed by atoms with Gasteiger partial charge in [0.15, 0.2) is 5.13 Å². The largest absolute Gasteiger partial charge is 0.466 e. The highest BCUT2D eigenvalue weighted by atomic mass is 79.9. The first-order valence-corrected chi connectivity index (χ1v) is 7.89. The molecule has 6 heteroatoms. The number of carbonyl (C=O) groups is 1. The fourth-order valence-corrected chi connectivity index (χ4v) is 2.73. The Morgan fingerprint density at radius 3 is 3.05 bits per heavy atom. The van der Waals surface area contributed by atoms with Crippen molar-refractivity contribution in [3.05, 3.63) is 39.3 Å². The van der Waals surface area contributed by atoms with Gasteiger partial charge in [-0.15, -0.1) is 11.3 Å². The summed E-state index contributed by atoms with van der Waals surface area (Å²) in [7, 11) is 0. The van der Waals surface area contributed by atoms with E-state index in [1.165, 1.54) is 11.3 Å². The Hall–Kier alpha value is -1.40. The molecule has 0 amide bonds. The summed E-state index contributed by atoms with van der Waals surface area (Å²) in [6.07, 6.45) is 0.212. The Morgan fingerprint density at radius 1 is 1.50 bits per heavy atom. The Bertz CT molecular complexity index is 613. The molecule has 0 bridgehead atoms. The number of hydrogen-bond acceptors (Lipinski definition) is 5. The van der Waals surface area contributed by atoms with Gasteiger partial charge in [-0.3, -0.25) is 4.79 Å². The SMILES string of the molecule is CCOC(=O)Cc1csc(Nc2cc(Br)ccc2C)n1. The maximum atomic E-state index is 11.4. The molecule has 0 unspecified atom stereocenters. The first kappa shape index (κ1) is 15.0. The van der Waals surface area contributed by atoms with E-state index in [9.17, 15) is 4.79 Å². The Morgan fingerprint density at radius 2 is 2.30 bits per heavy atom. The van der Waals surface area contributed by atoms with Crippen LogP contribution in [0, 0.1) is 6.92 Å². The molecule has 1 aromatic carbocycles. The lowest BCUT2D eigenvalue weighted by Crippen LogP contribution is -2.07. The molecular weight excluding hydrogens is 340 g/mol. The topological polar surface area (TPSA) is 51.2 Å². The zero-order valence-electron chi connectivity index (χ0n) is 11.3. The molecule has 2 rings (SSSR count). The molecule has 106 valence electrons. The minimum atomic E-state index is -0.247. The van der Waals surface area contributed by atoms with Crippen molar-refractivity contribution in [3.63, 3.8) is 0 Å². The van der Waals surface area contributed by atoms with E-state index < -0.39 is 0 Å². The summed E-state index contributed by atoms with van der Waals surface area (Å²) in [5.41, 5.74) is 2.86. The van der Waals surface area contributed by atoms with Crippen LogP contribution in [0.1, 0.15) is 18.2 Å². The number of hydrogen-bond donors (Lipinski definition) is 1. The van der Waals surface area contributed by atoms with E-state index in [1.54, 1.807) is 6.92 Å². The number of benzene rings is 1. The van der Waals surface area contributed by atoms with Gasteiger partial charge in [-0.25, -0.2) is 4.98 Å². The van der Waals surface area contributed by atoms with Crippen LogP contribution in [0.4, 0.5) is 10.8 Å². The Kier molecular flexibility index (Phi) is 5.14.